The number of quaternary nitrogens is 1. The van der Waals surface area contributed by atoms with Crippen molar-refractivity contribution in [3.05, 3.63) is 53.2 Å². The number of aliphatic hydroxyl groups is 1. The lowest BCUT2D eigenvalue weighted by Gasteiger charge is -2.46. The van der Waals surface area contributed by atoms with Crippen LogP contribution in [0.4, 0.5) is 0 Å². The summed E-state index contributed by atoms with van der Waals surface area (Å²) in [5.74, 6) is 0.0615. The highest BCUT2D eigenvalue weighted by molar-refractivity contribution is 5.96. The summed E-state index contributed by atoms with van der Waals surface area (Å²) in [5.41, 5.74) is 13.3. The van der Waals surface area contributed by atoms with Gasteiger partial charge in [0.1, 0.15) is 18.9 Å². The summed E-state index contributed by atoms with van der Waals surface area (Å²) < 4.78 is 6.98. The molecule has 5 N–H and O–H groups in total. The van der Waals surface area contributed by atoms with Gasteiger partial charge in [0.25, 0.3) is 0 Å². The molecule has 2 heterocycles. The lowest BCUT2D eigenvalue weighted by Crippen LogP contribution is -2.63. The Morgan fingerprint density at radius 1 is 1.22 bits per heavy atom. The quantitative estimate of drug-likeness (QED) is 0.150. The van der Waals surface area contributed by atoms with Crippen molar-refractivity contribution in [2.45, 2.75) is 32.5 Å². The fraction of sp³-hybridized carbons (Fsp3) is 0.444. The van der Waals surface area contributed by atoms with Gasteiger partial charge in [-0.2, -0.15) is 0 Å². The number of β-lactam (4-membered cyclic amide) rings is 1. The maximum Gasteiger partial charge on any atom is 0.235 e. The van der Waals surface area contributed by atoms with Crippen molar-refractivity contribution < 1.29 is 23.9 Å². The van der Waals surface area contributed by atoms with Gasteiger partial charge in [0, 0.05) is 16.9 Å². The largest absolute Gasteiger partial charge is 0.489 e. The number of nitrogens with zero attached hydrogens (tertiary/aromatic N) is 3. The SMILES string of the molecule is C[C@@H](O)[C@H]1C(=O)N2C(C=O)=C(COc3cccc4c(C[N+](C)(C)CCN=C(N)N)cccc34)[C@H](C)[C@H]12. The van der Waals surface area contributed by atoms with Crippen molar-refractivity contribution in [3.63, 3.8) is 0 Å². The fourth-order valence-corrected chi connectivity index (χ4v) is 5.53. The molecule has 0 spiro atoms. The number of aliphatic hydroxyl groups excluding tert-OH is 1. The molecule has 36 heavy (non-hydrogen) atoms. The van der Waals surface area contributed by atoms with E-state index < -0.39 is 12.0 Å². The van der Waals surface area contributed by atoms with Crippen LogP contribution >= 0.6 is 0 Å². The van der Waals surface area contributed by atoms with Crippen LogP contribution in [0, 0.1) is 11.8 Å². The minimum Gasteiger partial charge on any atom is -0.489 e. The summed E-state index contributed by atoms with van der Waals surface area (Å²) in [5, 5.41) is 12.1. The Morgan fingerprint density at radius 2 is 1.92 bits per heavy atom. The average Bonchev–Trinajstić information content (AvgIpc) is 3.04. The van der Waals surface area contributed by atoms with E-state index in [1.165, 1.54) is 10.5 Å². The Balaban J connectivity index is 1.55. The van der Waals surface area contributed by atoms with Gasteiger partial charge in [0.15, 0.2) is 12.2 Å². The molecule has 2 aromatic carbocycles. The first-order valence-corrected chi connectivity index (χ1v) is 12.3. The van der Waals surface area contributed by atoms with Crippen LogP contribution in [-0.4, -0.2) is 78.6 Å². The maximum absolute atomic E-state index is 12.6. The van der Waals surface area contributed by atoms with Gasteiger partial charge in [-0.25, -0.2) is 4.99 Å². The highest BCUT2D eigenvalue weighted by Crippen LogP contribution is 2.46. The first-order chi connectivity index (χ1) is 17.1. The summed E-state index contributed by atoms with van der Waals surface area (Å²) in [6, 6.07) is 11.9. The molecule has 0 aromatic heterocycles. The van der Waals surface area contributed by atoms with Gasteiger partial charge < -0.3 is 30.7 Å². The summed E-state index contributed by atoms with van der Waals surface area (Å²) in [6.07, 6.45) is -0.0255. The molecular formula is C27H36N5O4+. The molecule has 2 aliphatic heterocycles. The predicted molar refractivity (Wildman–Crippen MR) is 139 cm³/mol. The van der Waals surface area contributed by atoms with Gasteiger partial charge in [0.05, 0.1) is 50.9 Å². The molecule has 0 saturated carbocycles. The smallest absolute Gasteiger partial charge is 0.235 e. The van der Waals surface area contributed by atoms with Crippen LogP contribution in [0.15, 0.2) is 52.7 Å². The number of aliphatic imine (C=N–C) groups is 1. The number of benzene rings is 2. The van der Waals surface area contributed by atoms with E-state index in [1.807, 2.05) is 31.2 Å². The van der Waals surface area contributed by atoms with E-state index in [9.17, 15) is 14.7 Å². The average molecular weight is 495 g/mol. The number of fused-ring (bicyclic) bond motifs is 2. The third kappa shape index (κ3) is 4.68. The van der Waals surface area contributed by atoms with Crippen LogP contribution in [0.1, 0.15) is 19.4 Å². The van der Waals surface area contributed by atoms with Crippen molar-refractivity contribution >= 4 is 28.9 Å². The Labute approximate surface area is 211 Å². The molecule has 1 saturated heterocycles. The lowest BCUT2D eigenvalue weighted by molar-refractivity contribution is -0.902. The standard InChI is InChI=1S/C27H36N5O4/c1-16-21(22(14-33)31-25(16)24(17(2)34)26(31)35)15-36-23-10-6-8-19-18(7-5-9-20(19)23)13-32(3,4)12-11-30-27(28)29/h5-10,14,16-17,24-25,34H,11-13,15H2,1-4H3,(H4,28,29,30)/q+1/t16-,17+,24+,25+/m0/s1. The van der Waals surface area contributed by atoms with E-state index >= 15 is 0 Å². The lowest BCUT2D eigenvalue weighted by atomic mass is 9.78. The molecule has 1 fully saturated rings. The van der Waals surface area contributed by atoms with E-state index in [2.05, 4.69) is 31.2 Å². The number of guanidine groups is 1. The zero-order valence-corrected chi connectivity index (χ0v) is 21.3. The van der Waals surface area contributed by atoms with E-state index in [0.717, 1.165) is 41.5 Å². The molecule has 0 unspecified atom stereocenters. The predicted octanol–water partition coefficient (Wildman–Crippen LogP) is 1.38. The van der Waals surface area contributed by atoms with Gasteiger partial charge >= 0.3 is 0 Å². The first kappa shape index (κ1) is 25.7. The van der Waals surface area contributed by atoms with E-state index in [-0.39, 0.29) is 30.4 Å². The molecule has 4 rings (SSSR count). The fourth-order valence-electron chi connectivity index (χ4n) is 5.53. The maximum atomic E-state index is 12.6. The summed E-state index contributed by atoms with van der Waals surface area (Å²) in [7, 11) is 4.28. The first-order valence-electron chi connectivity index (χ1n) is 12.3. The number of likely N-dealkylation sites (N-methyl/N-ethyl adjacent to an activating group) is 1. The number of allylic oxidation sites excluding steroid dienone is 1. The number of aldehydes is 1. The second-order valence-electron chi connectivity index (χ2n) is 10.5. The van der Waals surface area contributed by atoms with Gasteiger partial charge in [-0.15, -0.1) is 0 Å². The van der Waals surface area contributed by atoms with Crippen LogP contribution in [0.5, 0.6) is 5.75 Å². The molecule has 0 radical (unpaired) electrons. The van der Waals surface area contributed by atoms with Crippen LogP contribution < -0.4 is 16.2 Å². The zero-order chi connectivity index (χ0) is 26.2. The Hall–Kier alpha value is -3.43. The molecule has 9 nitrogen and oxygen atoms in total. The van der Waals surface area contributed by atoms with Crippen molar-refractivity contribution in [1.82, 2.24) is 4.90 Å². The summed E-state index contributed by atoms with van der Waals surface area (Å²) >= 11 is 0. The molecule has 2 aromatic rings. The van der Waals surface area contributed by atoms with Crippen LogP contribution in [0.2, 0.25) is 0 Å². The van der Waals surface area contributed by atoms with E-state index in [1.54, 1.807) is 6.92 Å². The minimum atomic E-state index is -0.757. The number of rotatable bonds is 10. The van der Waals surface area contributed by atoms with E-state index in [4.69, 9.17) is 16.2 Å². The molecule has 4 atom stereocenters. The number of nitrogens with two attached hydrogens (primary N) is 2. The molecule has 192 valence electrons. The van der Waals surface area contributed by atoms with Gasteiger partial charge in [-0.3, -0.25) is 9.59 Å². The minimum absolute atomic E-state index is 0.0728. The second-order valence-corrected chi connectivity index (χ2v) is 10.5. The number of hydrogen-bond acceptors (Lipinski definition) is 5. The second kappa shape index (κ2) is 9.91. The third-order valence-corrected chi connectivity index (χ3v) is 7.42. The van der Waals surface area contributed by atoms with Gasteiger partial charge in [0.2, 0.25) is 5.91 Å². The van der Waals surface area contributed by atoms with Crippen molar-refractivity contribution in [2.24, 2.45) is 28.3 Å². The number of ether oxygens (including phenoxy) is 1. The Kier molecular flexibility index (Phi) is 7.06. The van der Waals surface area contributed by atoms with Crippen molar-refractivity contribution in [3.8, 4) is 5.75 Å². The summed E-state index contributed by atoms with van der Waals surface area (Å²) in [4.78, 5) is 30.1. The van der Waals surface area contributed by atoms with Crippen molar-refractivity contribution in [1.29, 1.82) is 0 Å². The number of amides is 1. The van der Waals surface area contributed by atoms with Gasteiger partial charge in [-0.05, 0) is 23.9 Å². The van der Waals surface area contributed by atoms with Crippen molar-refractivity contribution in [2.75, 3.05) is 33.8 Å². The number of carbonyl (C=O) groups excluding carboxylic acids is 2. The summed E-state index contributed by atoms with van der Waals surface area (Å²) in [6.45, 7) is 5.93. The monoisotopic (exact) mass is 494 g/mol. The highest BCUT2D eigenvalue weighted by Gasteiger charge is 2.58. The third-order valence-electron chi connectivity index (χ3n) is 7.42. The molecule has 1 amide bonds. The topological polar surface area (TPSA) is 131 Å². The van der Waals surface area contributed by atoms with Crippen LogP contribution in [-0.2, 0) is 16.1 Å². The number of hydrogen-bond donors (Lipinski definition) is 3. The molecule has 2 aliphatic rings. The molecular weight excluding hydrogens is 458 g/mol. The molecule has 9 heteroatoms. The van der Waals surface area contributed by atoms with Crippen LogP contribution in [0.25, 0.3) is 10.8 Å². The van der Waals surface area contributed by atoms with Crippen LogP contribution in [0.3, 0.4) is 0 Å². The van der Waals surface area contributed by atoms with E-state index in [0.29, 0.717) is 16.7 Å². The Bertz CT molecular complexity index is 1230. The zero-order valence-electron chi connectivity index (χ0n) is 21.3. The van der Waals surface area contributed by atoms with Gasteiger partial charge in [-0.1, -0.05) is 37.3 Å². The number of carbonyl (C=O) groups is 2. The highest BCUT2D eigenvalue weighted by atomic mass is 16.5. The molecule has 0 aliphatic carbocycles. The molecule has 0 bridgehead atoms. The Morgan fingerprint density at radius 3 is 2.58 bits per heavy atom. The normalized spacial score (nSPS) is 22.3.